The van der Waals surface area contributed by atoms with Gasteiger partial charge in [0.25, 0.3) is 0 Å². The Morgan fingerprint density at radius 1 is 1.05 bits per heavy atom. The van der Waals surface area contributed by atoms with Crippen molar-refractivity contribution in [2.45, 2.75) is 42.5 Å². The van der Waals surface area contributed by atoms with E-state index in [1.165, 1.54) is 18.0 Å². The van der Waals surface area contributed by atoms with E-state index >= 15 is 4.39 Å². The molecule has 0 saturated carbocycles. The lowest BCUT2D eigenvalue weighted by Gasteiger charge is -2.24. The Morgan fingerprint density at radius 3 is 2.46 bits per heavy atom. The molecule has 4 aromatic rings. The van der Waals surface area contributed by atoms with Crippen LogP contribution in [0.4, 0.5) is 4.39 Å². The topological polar surface area (TPSA) is 73.3 Å². The van der Waals surface area contributed by atoms with E-state index in [0.717, 1.165) is 32.5 Å². The highest BCUT2D eigenvalue weighted by Crippen LogP contribution is 2.36. The number of pyridine rings is 1. The van der Waals surface area contributed by atoms with Crippen LogP contribution < -0.4 is 0 Å². The molecule has 1 heterocycles. The summed E-state index contributed by atoms with van der Waals surface area (Å²) < 4.78 is 45.9. The minimum atomic E-state index is -3.21. The minimum absolute atomic E-state index is 0.0732. The maximum atomic E-state index is 16.6. The Hall–Kier alpha value is -3.23. The fourth-order valence-electron chi connectivity index (χ4n) is 4.60. The van der Waals surface area contributed by atoms with Crippen LogP contribution in [0.3, 0.4) is 0 Å². The minimum Gasteiger partial charge on any atom is -0.463 e. The summed E-state index contributed by atoms with van der Waals surface area (Å²) in [5.41, 5.74) is 1.75. The van der Waals surface area contributed by atoms with E-state index in [1.54, 1.807) is 50.4 Å². The molecule has 0 radical (unpaired) electrons. The normalized spacial score (nSPS) is 14.1. The Morgan fingerprint density at radius 2 is 1.79 bits per heavy atom. The number of ether oxygens (including phenoxy) is 1. The molecule has 0 fully saturated rings. The van der Waals surface area contributed by atoms with Crippen LogP contribution in [0.1, 0.15) is 30.5 Å². The number of hydrogen-bond acceptors (Lipinski definition) is 6. The molecule has 0 amide bonds. The molecule has 0 saturated heterocycles. The molecule has 0 aliphatic heterocycles. The first-order valence-electron chi connectivity index (χ1n) is 12.7. The maximum absolute atomic E-state index is 16.6. The Labute approximate surface area is 233 Å². The van der Waals surface area contributed by atoms with Gasteiger partial charge in [0.2, 0.25) is 5.67 Å². The molecule has 5 nitrogen and oxygen atoms in total. The molecule has 3 aromatic carbocycles. The van der Waals surface area contributed by atoms with Gasteiger partial charge in [-0.05, 0) is 73.5 Å². The van der Waals surface area contributed by atoms with Gasteiger partial charge in [-0.25, -0.2) is 17.6 Å². The number of rotatable bonds is 10. The fraction of sp³-hybridized carbons (Fsp3) is 0.290. The van der Waals surface area contributed by atoms with Gasteiger partial charge in [0.15, 0.2) is 0 Å². The molecule has 204 valence electrons. The van der Waals surface area contributed by atoms with Crippen molar-refractivity contribution in [3.05, 3.63) is 95.7 Å². The van der Waals surface area contributed by atoms with Crippen molar-refractivity contribution in [3.8, 4) is 11.1 Å². The Kier molecular flexibility index (Phi) is 8.76. The highest BCUT2D eigenvalue weighted by atomic mass is 32.2. The van der Waals surface area contributed by atoms with E-state index in [9.17, 15) is 13.2 Å². The largest absolute Gasteiger partial charge is 0.463 e. The zero-order valence-corrected chi connectivity index (χ0v) is 24.1. The third kappa shape index (κ3) is 6.50. The first-order valence-corrected chi connectivity index (χ1v) is 15.9. The van der Waals surface area contributed by atoms with Gasteiger partial charge < -0.3 is 4.74 Å². The second-order valence-corrected chi connectivity index (χ2v) is 13.0. The molecule has 4 rings (SSSR count). The highest BCUT2D eigenvalue weighted by Gasteiger charge is 2.42. The molecule has 0 N–H and O–H groups in total. The van der Waals surface area contributed by atoms with Crippen molar-refractivity contribution in [2.24, 2.45) is 0 Å². The van der Waals surface area contributed by atoms with Gasteiger partial charge in [0.05, 0.1) is 17.4 Å². The second kappa shape index (κ2) is 11.9. The van der Waals surface area contributed by atoms with E-state index in [0.29, 0.717) is 12.0 Å². The lowest BCUT2D eigenvalue weighted by Crippen LogP contribution is -2.35. The van der Waals surface area contributed by atoms with Gasteiger partial charge in [-0.2, -0.15) is 0 Å². The third-order valence-corrected chi connectivity index (χ3v) is 9.22. The summed E-state index contributed by atoms with van der Waals surface area (Å²) >= 11 is 1.54. The van der Waals surface area contributed by atoms with Crippen molar-refractivity contribution >= 4 is 38.5 Å². The third-order valence-electron chi connectivity index (χ3n) is 6.85. The smallest absolute Gasteiger partial charge is 0.348 e. The average Bonchev–Trinajstić information content (AvgIpc) is 2.92. The Bertz CT molecular complexity index is 1590. The number of alkyl halides is 1. The van der Waals surface area contributed by atoms with E-state index < -0.39 is 26.7 Å². The maximum Gasteiger partial charge on any atom is 0.348 e. The van der Waals surface area contributed by atoms with Crippen LogP contribution in [0.25, 0.3) is 22.0 Å². The van der Waals surface area contributed by atoms with Crippen LogP contribution in [0.2, 0.25) is 0 Å². The van der Waals surface area contributed by atoms with Crippen molar-refractivity contribution in [1.29, 1.82) is 0 Å². The second-order valence-electron chi connectivity index (χ2n) is 9.69. The zero-order chi connectivity index (χ0) is 28.2. The predicted octanol–water partition coefficient (Wildman–Crippen LogP) is 6.57. The number of carbonyl (C=O) groups excluding carboxylic acids is 1. The molecule has 8 heteroatoms. The van der Waals surface area contributed by atoms with Gasteiger partial charge in [-0.3, -0.25) is 4.98 Å². The molecule has 0 spiro atoms. The summed E-state index contributed by atoms with van der Waals surface area (Å²) in [5, 5.41) is 0.344. The van der Waals surface area contributed by atoms with E-state index in [4.69, 9.17) is 4.74 Å². The van der Waals surface area contributed by atoms with Crippen LogP contribution in [0.15, 0.2) is 83.9 Å². The molecular formula is C31H32FNO4S2. The van der Waals surface area contributed by atoms with Crippen molar-refractivity contribution in [2.75, 3.05) is 19.1 Å². The first kappa shape index (κ1) is 28.8. The highest BCUT2D eigenvalue weighted by molar-refractivity contribution is 7.98. The Balaban J connectivity index is 1.77. The summed E-state index contributed by atoms with van der Waals surface area (Å²) in [6, 6.07) is 21.9. The van der Waals surface area contributed by atoms with Crippen LogP contribution in [-0.2, 0) is 37.9 Å². The van der Waals surface area contributed by atoms with Gasteiger partial charge in [-0.15, -0.1) is 11.8 Å². The number of benzene rings is 3. The molecule has 0 aliphatic carbocycles. The molecule has 2 atom stereocenters. The number of hydrogen-bond donors (Lipinski definition) is 0. The number of nitrogens with zero attached hydrogens (tertiary/aromatic N) is 1. The van der Waals surface area contributed by atoms with Crippen LogP contribution in [0.5, 0.6) is 0 Å². The number of halogens is 1. The number of esters is 1. The molecular weight excluding hydrogens is 533 g/mol. The lowest BCUT2D eigenvalue weighted by atomic mass is 9.87. The number of thioether (sulfide) groups is 1. The van der Waals surface area contributed by atoms with Gasteiger partial charge in [-0.1, -0.05) is 42.5 Å². The predicted molar refractivity (Wildman–Crippen MR) is 157 cm³/mol. The molecule has 0 aliphatic rings. The monoisotopic (exact) mass is 565 g/mol. The van der Waals surface area contributed by atoms with Crippen LogP contribution >= 0.6 is 11.8 Å². The SMILES string of the molecule is CCOC(=O)C(F)(Cc1cccc(-c2cc(CC(C)S(C)(=O)=O)cc3cccnc23)c1)c1ccc(SC)cc1. The van der Waals surface area contributed by atoms with Crippen molar-refractivity contribution in [1.82, 2.24) is 4.98 Å². The fourth-order valence-corrected chi connectivity index (χ4v) is 5.50. The zero-order valence-electron chi connectivity index (χ0n) is 22.5. The lowest BCUT2D eigenvalue weighted by molar-refractivity contribution is -0.158. The number of fused-ring (bicyclic) bond motifs is 1. The molecule has 1 aromatic heterocycles. The summed E-state index contributed by atoms with van der Waals surface area (Å²) in [5.74, 6) is -0.920. The number of carbonyl (C=O) groups is 1. The molecule has 39 heavy (non-hydrogen) atoms. The van der Waals surface area contributed by atoms with Gasteiger partial charge >= 0.3 is 5.97 Å². The number of sulfone groups is 1. The standard InChI is InChI=1S/C31H32FNO4S2/c1-5-37-30(34)31(32,26-11-13-27(38-3)14-12-26)20-22-8-6-9-24(17-22)28-19-23(16-21(2)39(4,35)36)18-25-10-7-15-33-29(25)28/h6-15,17-19,21H,5,16,20H2,1-4H3. The summed E-state index contributed by atoms with van der Waals surface area (Å²) in [6.45, 7) is 3.43. The molecule has 0 bridgehead atoms. The first-order chi connectivity index (χ1) is 18.5. The van der Waals surface area contributed by atoms with E-state index in [-0.39, 0.29) is 18.6 Å². The average molecular weight is 566 g/mol. The van der Waals surface area contributed by atoms with Gasteiger partial charge in [0.1, 0.15) is 9.84 Å². The van der Waals surface area contributed by atoms with E-state index in [2.05, 4.69) is 4.98 Å². The summed E-state index contributed by atoms with van der Waals surface area (Å²) in [7, 11) is -3.21. The van der Waals surface area contributed by atoms with Crippen LogP contribution in [0, 0.1) is 0 Å². The summed E-state index contributed by atoms with van der Waals surface area (Å²) in [6.07, 6.45) is 5.04. The van der Waals surface area contributed by atoms with Crippen molar-refractivity contribution in [3.63, 3.8) is 0 Å². The van der Waals surface area contributed by atoms with E-state index in [1.807, 2.05) is 48.7 Å². The van der Waals surface area contributed by atoms with Crippen molar-refractivity contribution < 1.29 is 22.3 Å². The van der Waals surface area contributed by atoms with Gasteiger partial charge in [0, 0.05) is 40.3 Å². The quantitative estimate of drug-likeness (QED) is 0.160. The summed E-state index contributed by atoms with van der Waals surface area (Å²) in [4.78, 5) is 18.5. The van der Waals surface area contributed by atoms with Crippen LogP contribution in [-0.4, -0.2) is 43.7 Å². The number of aromatic nitrogens is 1. The molecule has 2 unspecified atom stereocenters.